The molecule has 0 bridgehead atoms. The van der Waals surface area contributed by atoms with Gasteiger partial charge in [0, 0.05) is 39.2 Å². The maximum atomic E-state index is 12.0. The van der Waals surface area contributed by atoms with Crippen molar-refractivity contribution in [1.82, 2.24) is 20.0 Å². The number of hydrogen-bond donors (Lipinski definition) is 1. The summed E-state index contributed by atoms with van der Waals surface area (Å²) < 4.78 is 1.33. The number of likely N-dealkylation sites (tertiary alicyclic amines) is 1. The van der Waals surface area contributed by atoms with Gasteiger partial charge in [0.15, 0.2) is 0 Å². The molecule has 0 aromatic carbocycles. The summed E-state index contributed by atoms with van der Waals surface area (Å²) in [6.07, 6.45) is 6.93. The molecule has 2 saturated heterocycles. The number of aromatic nitrogens is 2. The lowest BCUT2D eigenvalue weighted by Gasteiger charge is -2.18. The molecule has 2 fully saturated rings. The average Bonchev–Trinajstić information content (AvgIpc) is 3.27. The molecule has 138 valence electrons. The van der Waals surface area contributed by atoms with Crippen LogP contribution >= 0.6 is 0 Å². The zero-order valence-corrected chi connectivity index (χ0v) is 15.1. The van der Waals surface area contributed by atoms with Crippen LogP contribution in [0.5, 0.6) is 0 Å². The van der Waals surface area contributed by atoms with Gasteiger partial charge in [0.2, 0.25) is 5.91 Å². The third-order valence-corrected chi connectivity index (χ3v) is 5.27. The van der Waals surface area contributed by atoms with Crippen molar-refractivity contribution < 1.29 is 4.79 Å². The molecule has 7 nitrogen and oxygen atoms in total. The zero-order valence-electron chi connectivity index (χ0n) is 15.1. The normalized spacial score (nSPS) is 21.0. The Morgan fingerprint density at radius 1 is 1.32 bits per heavy atom. The molecule has 1 unspecified atom stereocenters. The summed E-state index contributed by atoms with van der Waals surface area (Å²) in [7, 11) is 1.65. The minimum atomic E-state index is -0.0905. The number of nitrogens with one attached hydrogen (secondary N) is 1. The number of nitrogens with zero attached hydrogens (tertiary/aromatic N) is 4. The van der Waals surface area contributed by atoms with E-state index in [1.54, 1.807) is 19.3 Å². The molecule has 1 N–H and O–H groups in total. The fraction of sp³-hybridized carbons (Fsp3) is 0.722. The summed E-state index contributed by atoms with van der Waals surface area (Å²) in [5.74, 6) is 0.597. The highest BCUT2D eigenvalue weighted by atomic mass is 16.1. The standard InChI is InChI=1S/C18H29N5O2/c1-21-18(25)11-16(13-20-21)23-10-6-15(14-23)12-19-17(24)5-4-9-22-7-2-3-8-22/h11,13,15H,2-10,12,14H2,1H3,(H,19,24). The molecule has 1 aromatic heterocycles. The molecule has 1 atom stereocenters. The van der Waals surface area contributed by atoms with Crippen LogP contribution < -0.4 is 15.8 Å². The van der Waals surface area contributed by atoms with E-state index in [9.17, 15) is 9.59 Å². The van der Waals surface area contributed by atoms with Crippen LogP contribution in [0.4, 0.5) is 5.69 Å². The lowest BCUT2D eigenvalue weighted by Crippen LogP contribution is -2.32. The second kappa shape index (κ2) is 8.47. The summed E-state index contributed by atoms with van der Waals surface area (Å²) in [5, 5.41) is 7.15. The molecule has 3 heterocycles. The Morgan fingerprint density at radius 3 is 2.88 bits per heavy atom. The third kappa shape index (κ3) is 5.04. The number of anilines is 1. The molecular weight excluding hydrogens is 318 g/mol. The predicted octanol–water partition coefficient (Wildman–Crippen LogP) is 0.599. The van der Waals surface area contributed by atoms with Crippen LogP contribution in [-0.2, 0) is 11.8 Å². The van der Waals surface area contributed by atoms with Gasteiger partial charge in [-0.15, -0.1) is 0 Å². The van der Waals surface area contributed by atoms with Crippen molar-refractivity contribution in [2.75, 3.05) is 44.2 Å². The van der Waals surface area contributed by atoms with Crippen molar-refractivity contribution >= 4 is 11.6 Å². The van der Waals surface area contributed by atoms with E-state index in [1.165, 1.54) is 30.6 Å². The lowest BCUT2D eigenvalue weighted by atomic mass is 10.1. The smallest absolute Gasteiger partial charge is 0.268 e. The van der Waals surface area contributed by atoms with Crippen LogP contribution in [0.3, 0.4) is 0 Å². The van der Waals surface area contributed by atoms with E-state index in [0.717, 1.165) is 44.7 Å². The molecule has 0 saturated carbocycles. The minimum absolute atomic E-state index is 0.0905. The first-order valence-corrected chi connectivity index (χ1v) is 9.39. The van der Waals surface area contributed by atoms with Crippen molar-refractivity contribution in [3.8, 4) is 0 Å². The number of amides is 1. The zero-order chi connectivity index (χ0) is 17.6. The van der Waals surface area contributed by atoms with Gasteiger partial charge in [0.25, 0.3) is 5.56 Å². The maximum absolute atomic E-state index is 12.0. The lowest BCUT2D eigenvalue weighted by molar-refractivity contribution is -0.121. The summed E-state index contributed by atoms with van der Waals surface area (Å²) in [5.41, 5.74) is 0.787. The van der Waals surface area contributed by atoms with E-state index in [2.05, 4.69) is 20.2 Å². The summed E-state index contributed by atoms with van der Waals surface area (Å²) in [6, 6.07) is 1.63. The van der Waals surface area contributed by atoms with Crippen molar-refractivity contribution in [2.45, 2.75) is 32.1 Å². The SMILES string of the molecule is Cn1ncc(N2CCC(CNC(=O)CCCN3CCCC3)C2)cc1=O. The van der Waals surface area contributed by atoms with Crippen LogP contribution in [-0.4, -0.2) is 59.9 Å². The Hall–Kier alpha value is -1.89. The molecular formula is C18H29N5O2. The van der Waals surface area contributed by atoms with Gasteiger partial charge in [-0.25, -0.2) is 4.68 Å². The van der Waals surface area contributed by atoms with E-state index >= 15 is 0 Å². The van der Waals surface area contributed by atoms with Gasteiger partial charge in [0.1, 0.15) is 0 Å². The second-order valence-corrected chi connectivity index (χ2v) is 7.23. The molecule has 3 rings (SSSR count). The van der Waals surface area contributed by atoms with Crippen molar-refractivity contribution in [3.63, 3.8) is 0 Å². The fourth-order valence-corrected chi connectivity index (χ4v) is 3.68. The molecule has 1 aromatic rings. The number of rotatable bonds is 7. The largest absolute Gasteiger partial charge is 0.370 e. The minimum Gasteiger partial charge on any atom is -0.370 e. The van der Waals surface area contributed by atoms with Crippen LogP contribution in [0.1, 0.15) is 32.1 Å². The molecule has 0 radical (unpaired) electrons. The highest BCUT2D eigenvalue weighted by Crippen LogP contribution is 2.21. The van der Waals surface area contributed by atoms with Gasteiger partial charge in [-0.2, -0.15) is 5.10 Å². The molecule has 25 heavy (non-hydrogen) atoms. The first kappa shape index (κ1) is 17.9. The molecule has 1 amide bonds. The van der Waals surface area contributed by atoms with E-state index in [-0.39, 0.29) is 11.5 Å². The molecule has 0 aliphatic carbocycles. The molecule has 2 aliphatic heterocycles. The van der Waals surface area contributed by atoms with E-state index < -0.39 is 0 Å². The van der Waals surface area contributed by atoms with E-state index in [1.807, 2.05) is 0 Å². The second-order valence-electron chi connectivity index (χ2n) is 7.23. The van der Waals surface area contributed by atoms with Gasteiger partial charge in [-0.1, -0.05) is 0 Å². The van der Waals surface area contributed by atoms with Crippen molar-refractivity contribution in [2.24, 2.45) is 13.0 Å². The third-order valence-electron chi connectivity index (χ3n) is 5.27. The predicted molar refractivity (Wildman–Crippen MR) is 97.7 cm³/mol. The van der Waals surface area contributed by atoms with Crippen LogP contribution in [0.25, 0.3) is 0 Å². The van der Waals surface area contributed by atoms with E-state index in [0.29, 0.717) is 12.3 Å². The van der Waals surface area contributed by atoms with Crippen molar-refractivity contribution in [3.05, 3.63) is 22.6 Å². The summed E-state index contributed by atoms with van der Waals surface area (Å²) in [6.45, 7) is 5.92. The topological polar surface area (TPSA) is 70.5 Å². The summed E-state index contributed by atoms with van der Waals surface area (Å²) in [4.78, 5) is 28.3. The van der Waals surface area contributed by atoms with E-state index in [4.69, 9.17) is 0 Å². The average molecular weight is 347 g/mol. The van der Waals surface area contributed by atoms with Crippen LogP contribution in [0.15, 0.2) is 17.1 Å². The fourth-order valence-electron chi connectivity index (χ4n) is 3.68. The van der Waals surface area contributed by atoms with Gasteiger partial charge < -0.3 is 15.1 Å². The Bertz CT molecular complexity index is 639. The Kier molecular flexibility index (Phi) is 6.07. The highest BCUT2D eigenvalue weighted by molar-refractivity contribution is 5.75. The van der Waals surface area contributed by atoms with Gasteiger partial charge in [-0.05, 0) is 51.2 Å². The summed E-state index contributed by atoms with van der Waals surface area (Å²) >= 11 is 0. The number of carbonyl (C=O) groups excluding carboxylic acids is 1. The number of aryl methyl sites for hydroxylation is 1. The number of hydrogen-bond acceptors (Lipinski definition) is 5. The highest BCUT2D eigenvalue weighted by Gasteiger charge is 2.23. The Morgan fingerprint density at radius 2 is 2.12 bits per heavy atom. The molecule has 7 heteroatoms. The van der Waals surface area contributed by atoms with Gasteiger partial charge in [-0.3, -0.25) is 9.59 Å². The quantitative estimate of drug-likeness (QED) is 0.782. The first-order valence-electron chi connectivity index (χ1n) is 9.39. The van der Waals surface area contributed by atoms with Crippen LogP contribution in [0.2, 0.25) is 0 Å². The van der Waals surface area contributed by atoms with Crippen molar-refractivity contribution in [1.29, 1.82) is 0 Å². The molecule has 2 aliphatic rings. The maximum Gasteiger partial charge on any atom is 0.268 e. The van der Waals surface area contributed by atoms with Gasteiger partial charge >= 0.3 is 0 Å². The molecule has 0 spiro atoms. The van der Waals surface area contributed by atoms with Gasteiger partial charge in [0.05, 0.1) is 11.9 Å². The first-order chi connectivity index (χ1) is 12.1. The Labute approximate surface area is 149 Å². The van der Waals surface area contributed by atoms with Crippen LogP contribution in [0, 0.1) is 5.92 Å². The number of carbonyl (C=O) groups is 1. The Balaban J connectivity index is 1.35. The monoisotopic (exact) mass is 347 g/mol.